The van der Waals surface area contributed by atoms with Gasteiger partial charge in [-0.3, -0.25) is 4.84 Å². The minimum Gasteiger partial charge on any atom is -0.393 e. The monoisotopic (exact) mass is 229 g/mol. The molecule has 0 aromatic heterocycles. The molecule has 16 heavy (non-hydrogen) atoms. The van der Waals surface area contributed by atoms with Crippen LogP contribution in [0.4, 0.5) is 0 Å². The maximum atomic E-state index is 9.91. The average molecular weight is 229 g/mol. The van der Waals surface area contributed by atoms with Crippen molar-refractivity contribution in [1.29, 1.82) is 0 Å². The van der Waals surface area contributed by atoms with Crippen LogP contribution in [0.25, 0.3) is 0 Å². The second-order valence-electron chi connectivity index (χ2n) is 7.18. The van der Waals surface area contributed by atoms with Crippen LogP contribution in [-0.2, 0) is 4.84 Å². The smallest absolute Gasteiger partial charge is 0.0816 e. The number of aliphatic hydroxyl groups is 1. The van der Waals surface area contributed by atoms with Crippen molar-refractivity contribution in [3.05, 3.63) is 0 Å². The van der Waals surface area contributed by atoms with Crippen LogP contribution in [0, 0.1) is 0 Å². The van der Waals surface area contributed by atoms with E-state index < -0.39 is 0 Å². The summed E-state index contributed by atoms with van der Waals surface area (Å²) in [5.74, 6) is 0. The lowest BCUT2D eigenvalue weighted by Gasteiger charge is -2.54. The highest BCUT2D eigenvalue weighted by Gasteiger charge is 2.47. The van der Waals surface area contributed by atoms with Crippen LogP contribution in [0.5, 0.6) is 0 Å². The van der Waals surface area contributed by atoms with Crippen LogP contribution in [0.2, 0.25) is 0 Å². The zero-order valence-corrected chi connectivity index (χ0v) is 11.8. The van der Waals surface area contributed by atoms with Crippen LogP contribution in [-0.4, -0.2) is 33.0 Å². The summed E-state index contributed by atoms with van der Waals surface area (Å²) >= 11 is 0. The molecule has 0 aromatic carbocycles. The first-order valence-corrected chi connectivity index (χ1v) is 6.12. The first-order valence-electron chi connectivity index (χ1n) is 6.12. The standard InChI is InChI=1S/C13H27NO2/c1-11(2,3)16-14-12(4,5)8-10(15)9-13(14,6)7/h10,15H,8-9H2,1-7H3. The third-order valence-corrected chi connectivity index (χ3v) is 2.94. The van der Waals surface area contributed by atoms with Crippen LogP contribution < -0.4 is 0 Å². The molecule has 0 amide bonds. The molecule has 3 heteroatoms. The highest BCUT2D eigenvalue weighted by atomic mass is 16.7. The molecule has 1 N–H and O–H groups in total. The van der Waals surface area contributed by atoms with E-state index in [1.54, 1.807) is 0 Å². The quantitative estimate of drug-likeness (QED) is 0.750. The van der Waals surface area contributed by atoms with Gasteiger partial charge in [0.25, 0.3) is 0 Å². The van der Waals surface area contributed by atoms with Crippen molar-refractivity contribution in [2.75, 3.05) is 0 Å². The molecule has 1 aliphatic heterocycles. The summed E-state index contributed by atoms with van der Waals surface area (Å²) in [6.07, 6.45) is 1.28. The topological polar surface area (TPSA) is 32.7 Å². The van der Waals surface area contributed by atoms with Crippen molar-refractivity contribution < 1.29 is 9.94 Å². The number of hydrogen-bond donors (Lipinski definition) is 1. The molecular weight excluding hydrogens is 202 g/mol. The predicted molar refractivity (Wildman–Crippen MR) is 66.1 cm³/mol. The van der Waals surface area contributed by atoms with E-state index in [-0.39, 0.29) is 22.8 Å². The third-order valence-electron chi connectivity index (χ3n) is 2.94. The maximum Gasteiger partial charge on any atom is 0.0816 e. The number of hydroxylamine groups is 2. The maximum absolute atomic E-state index is 9.91. The molecule has 0 aliphatic carbocycles. The molecule has 0 saturated carbocycles. The van der Waals surface area contributed by atoms with Crippen LogP contribution >= 0.6 is 0 Å². The molecule has 1 rings (SSSR count). The highest BCUT2D eigenvalue weighted by Crippen LogP contribution is 2.40. The van der Waals surface area contributed by atoms with E-state index in [2.05, 4.69) is 53.5 Å². The van der Waals surface area contributed by atoms with Crippen molar-refractivity contribution in [3.8, 4) is 0 Å². The molecule has 1 fully saturated rings. The summed E-state index contributed by atoms with van der Waals surface area (Å²) in [5.41, 5.74) is -0.459. The van der Waals surface area contributed by atoms with E-state index in [4.69, 9.17) is 4.84 Å². The Hall–Kier alpha value is -0.120. The Morgan fingerprint density at radius 2 is 1.44 bits per heavy atom. The Labute approximate surface area is 99.7 Å². The average Bonchev–Trinajstić information content (AvgIpc) is 1.92. The summed E-state index contributed by atoms with van der Waals surface area (Å²) in [7, 11) is 0. The van der Waals surface area contributed by atoms with Crippen LogP contribution in [0.3, 0.4) is 0 Å². The van der Waals surface area contributed by atoms with Gasteiger partial charge in [-0.1, -0.05) is 0 Å². The van der Waals surface area contributed by atoms with Gasteiger partial charge >= 0.3 is 0 Å². The van der Waals surface area contributed by atoms with E-state index in [0.717, 1.165) is 12.8 Å². The molecule has 1 aliphatic rings. The first kappa shape index (κ1) is 13.9. The summed E-state index contributed by atoms with van der Waals surface area (Å²) in [6.45, 7) is 14.7. The van der Waals surface area contributed by atoms with Gasteiger partial charge in [-0.15, -0.1) is 0 Å². The molecule has 0 unspecified atom stereocenters. The molecule has 0 atom stereocenters. The molecule has 1 saturated heterocycles. The zero-order valence-electron chi connectivity index (χ0n) is 11.8. The summed E-state index contributed by atoms with van der Waals surface area (Å²) in [4.78, 5) is 6.08. The Balaban J connectivity index is 2.93. The van der Waals surface area contributed by atoms with Crippen molar-refractivity contribution in [3.63, 3.8) is 0 Å². The fourth-order valence-electron chi connectivity index (χ4n) is 2.73. The van der Waals surface area contributed by atoms with E-state index in [1.807, 2.05) is 0 Å². The van der Waals surface area contributed by atoms with Gasteiger partial charge in [-0.25, -0.2) is 0 Å². The minimum atomic E-state index is -0.232. The fraction of sp³-hybridized carbons (Fsp3) is 1.00. The van der Waals surface area contributed by atoms with Crippen molar-refractivity contribution in [1.82, 2.24) is 5.06 Å². The Bertz CT molecular complexity index is 235. The largest absolute Gasteiger partial charge is 0.393 e. The van der Waals surface area contributed by atoms with Crippen LogP contribution in [0.1, 0.15) is 61.3 Å². The van der Waals surface area contributed by atoms with E-state index in [0.29, 0.717) is 0 Å². The second kappa shape index (κ2) is 3.97. The summed E-state index contributed by atoms with van der Waals surface area (Å²) in [6, 6.07) is 0. The lowest BCUT2D eigenvalue weighted by Crippen LogP contribution is -2.63. The van der Waals surface area contributed by atoms with Gasteiger partial charge in [0.1, 0.15) is 0 Å². The molecule has 0 radical (unpaired) electrons. The van der Waals surface area contributed by atoms with Gasteiger partial charge in [0.05, 0.1) is 11.7 Å². The van der Waals surface area contributed by atoms with Crippen molar-refractivity contribution >= 4 is 0 Å². The number of piperidine rings is 1. The summed E-state index contributed by atoms with van der Waals surface area (Å²) in [5, 5.41) is 12.0. The molecular formula is C13H27NO2. The van der Waals surface area contributed by atoms with Gasteiger partial charge in [-0.05, 0) is 61.3 Å². The normalized spacial score (nSPS) is 27.0. The highest BCUT2D eigenvalue weighted by molar-refractivity contribution is 4.97. The lowest BCUT2D eigenvalue weighted by atomic mass is 9.80. The van der Waals surface area contributed by atoms with Gasteiger partial charge in [0.15, 0.2) is 0 Å². The number of hydrogen-bond acceptors (Lipinski definition) is 3. The van der Waals surface area contributed by atoms with Crippen LogP contribution in [0.15, 0.2) is 0 Å². The Morgan fingerprint density at radius 1 is 1.06 bits per heavy atom. The van der Waals surface area contributed by atoms with Gasteiger partial charge in [-0.2, -0.15) is 5.06 Å². The van der Waals surface area contributed by atoms with E-state index in [1.165, 1.54) is 0 Å². The number of nitrogens with zero attached hydrogens (tertiary/aromatic N) is 1. The summed E-state index contributed by atoms with van der Waals surface area (Å²) < 4.78 is 0. The minimum absolute atomic E-state index is 0.131. The number of rotatable bonds is 1. The Kier molecular flexibility index (Phi) is 3.46. The van der Waals surface area contributed by atoms with Crippen molar-refractivity contribution in [2.24, 2.45) is 0 Å². The lowest BCUT2D eigenvalue weighted by molar-refractivity contribution is -0.332. The SMILES string of the molecule is CC(C)(C)ON1C(C)(C)CC(O)CC1(C)C. The predicted octanol–water partition coefficient (Wildman–Crippen LogP) is 2.73. The molecule has 0 bridgehead atoms. The first-order chi connectivity index (χ1) is 6.94. The third kappa shape index (κ3) is 3.19. The second-order valence-corrected chi connectivity index (χ2v) is 7.18. The van der Waals surface area contributed by atoms with Crippen molar-refractivity contribution in [2.45, 2.75) is 84.1 Å². The molecule has 3 nitrogen and oxygen atoms in total. The fourth-order valence-corrected chi connectivity index (χ4v) is 2.73. The van der Waals surface area contributed by atoms with Gasteiger partial charge in [0.2, 0.25) is 0 Å². The number of aliphatic hydroxyl groups excluding tert-OH is 1. The Morgan fingerprint density at radius 3 is 1.75 bits per heavy atom. The van der Waals surface area contributed by atoms with Gasteiger partial charge in [0, 0.05) is 11.1 Å². The van der Waals surface area contributed by atoms with E-state index in [9.17, 15) is 5.11 Å². The molecule has 96 valence electrons. The molecule has 1 heterocycles. The van der Waals surface area contributed by atoms with E-state index >= 15 is 0 Å². The van der Waals surface area contributed by atoms with Gasteiger partial charge < -0.3 is 5.11 Å². The zero-order chi connectivity index (χ0) is 12.8. The molecule has 0 aromatic rings. The molecule has 0 spiro atoms.